The second kappa shape index (κ2) is 5.53. The predicted octanol–water partition coefficient (Wildman–Crippen LogP) is 5.20. The number of urea groups is 1. The number of nitrogens with one attached hydrogen (secondary N) is 2. The molecule has 1 aromatic heterocycles. The number of fused-ring (bicyclic) bond motifs is 1. The fourth-order valence-electron chi connectivity index (χ4n) is 1.89. The molecule has 2 amide bonds. The summed E-state index contributed by atoms with van der Waals surface area (Å²) in [6.07, 6.45) is 0. The minimum Gasteiger partial charge on any atom is -0.308 e. The standard InChI is InChI=1S/C15H11ClN2OS/c16-10-5-7-11(8-6-10)17-15(19)18-13-9-20-14-4-2-1-3-12(13)14/h1-9H,(H2,17,18,19). The Labute approximate surface area is 125 Å². The van der Waals surface area contributed by atoms with Crippen LogP contribution in [0.4, 0.5) is 16.2 Å². The highest BCUT2D eigenvalue weighted by Gasteiger charge is 2.07. The van der Waals surface area contributed by atoms with Crippen molar-refractivity contribution in [2.75, 3.05) is 10.6 Å². The van der Waals surface area contributed by atoms with Crippen LogP contribution in [0.2, 0.25) is 5.02 Å². The molecule has 20 heavy (non-hydrogen) atoms. The van der Waals surface area contributed by atoms with Gasteiger partial charge in [-0.15, -0.1) is 11.3 Å². The Balaban J connectivity index is 1.74. The van der Waals surface area contributed by atoms with Gasteiger partial charge in [0.2, 0.25) is 0 Å². The Morgan fingerprint density at radius 1 is 1.00 bits per heavy atom. The topological polar surface area (TPSA) is 41.1 Å². The lowest BCUT2D eigenvalue weighted by Crippen LogP contribution is -2.19. The molecule has 0 atom stereocenters. The molecule has 0 unspecified atom stereocenters. The molecule has 2 N–H and O–H groups in total. The summed E-state index contributed by atoms with van der Waals surface area (Å²) in [4.78, 5) is 12.0. The van der Waals surface area contributed by atoms with Crippen LogP contribution in [0.1, 0.15) is 0 Å². The molecule has 1 heterocycles. The maximum absolute atomic E-state index is 12.0. The van der Waals surface area contributed by atoms with Crippen molar-refractivity contribution in [2.24, 2.45) is 0 Å². The summed E-state index contributed by atoms with van der Waals surface area (Å²) in [6, 6.07) is 14.7. The molecule has 3 aromatic rings. The molecule has 0 saturated carbocycles. The second-order valence-corrected chi connectivity index (χ2v) is 5.58. The van der Waals surface area contributed by atoms with E-state index in [2.05, 4.69) is 10.6 Å². The molecule has 0 spiro atoms. The molecule has 0 aliphatic rings. The van der Waals surface area contributed by atoms with Crippen molar-refractivity contribution in [1.29, 1.82) is 0 Å². The van der Waals surface area contributed by atoms with Crippen LogP contribution in [0.15, 0.2) is 53.9 Å². The third-order valence-corrected chi connectivity index (χ3v) is 4.05. The Bertz CT molecular complexity index is 752. The van der Waals surface area contributed by atoms with Crippen LogP contribution in [0.25, 0.3) is 10.1 Å². The van der Waals surface area contributed by atoms with Gasteiger partial charge in [-0.3, -0.25) is 0 Å². The monoisotopic (exact) mass is 302 g/mol. The first-order valence-corrected chi connectivity index (χ1v) is 7.28. The zero-order chi connectivity index (χ0) is 13.9. The van der Waals surface area contributed by atoms with Crippen LogP contribution in [0.3, 0.4) is 0 Å². The zero-order valence-corrected chi connectivity index (χ0v) is 12.0. The fourth-order valence-corrected chi connectivity index (χ4v) is 2.91. The molecular formula is C15H11ClN2OS. The van der Waals surface area contributed by atoms with Gasteiger partial charge in [-0.2, -0.15) is 0 Å². The van der Waals surface area contributed by atoms with Crippen LogP contribution in [0, 0.1) is 0 Å². The van der Waals surface area contributed by atoms with Crippen molar-refractivity contribution in [1.82, 2.24) is 0 Å². The van der Waals surface area contributed by atoms with Crippen molar-refractivity contribution in [2.45, 2.75) is 0 Å². The number of hydrogen-bond donors (Lipinski definition) is 2. The van der Waals surface area contributed by atoms with Crippen LogP contribution < -0.4 is 10.6 Å². The lowest BCUT2D eigenvalue weighted by molar-refractivity contribution is 0.262. The first-order chi connectivity index (χ1) is 9.72. The molecule has 0 aliphatic carbocycles. The highest BCUT2D eigenvalue weighted by molar-refractivity contribution is 7.17. The van der Waals surface area contributed by atoms with E-state index in [4.69, 9.17) is 11.6 Å². The van der Waals surface area contributed by atoms with E-state index in [0.29, 0.717) is 10.7 Å². The number of thiophene rings is 1. The number of halogens is 1. The van der Waals surface area contributed by atoms with Crippen LogP contribution >= 0.6 is 22.9 Å². The highest BCUT2D eigenvalue weighted by Crippen LogP contribution is 2.29. The van der Waals surface area contributed by atoms with Crippen molar-refractivity contribution < 1.29 is 4.79 Å². The lowest BCUT2D eigenvalue weighted by Gasteiger charge is -2.06. The Morgan fingerprint density at radius 3 is 2.55 bits per heavy atom. The summed E-state index contributed by atoms with van der Waals surface area (Å²) >= 11 is 7.41. The molecule has 100 valence electrons. The Kier molecular flexibility index (Phi) is 3.58. The molecule has 3 nitrogen and oxygen atoms in total. The van der Waals surface area contributed by atoms with Crippen molar-refractivity contribution in [3.05, 3.63) is 58.9 Å². The molecule has 2 aromatic carbocycles. The minimum absolute atomic E-state index is 0.268. The summed E-state index contributed by atoms with van der Waals surface area (Å²) in [5.41, 5.74) is 1.52. The van der Waals surface area contributed by atoms with Gasteiger partial charge in [-0.25, -0.2) is 4.79 Å². The van der Waals surface area contributed by atoms with Gasteiger partial charge in [-0.05, 0) is 30.3 Å². The third-order valence-electron chi connectivity index (χ3n) is 2.83. The van der Waals surface area contributed by atoms with Gasteiger partial charge in [0.1, 0.15) is 0 Å². The van der Waals surface area contributed by atoms with Gasteiger partial charge in [0.15, 0.2) is 0 Å². The molecule has 0 radical (unpaired) electrons. The van der Waals surface area contributed by atoms with Gasteiger partial charge in [0, 0.05) is 26.2 Å². The Hall–Kier alpha value is -2.04. The normalized spacial score (nSPS) is 10.4. The van der Waals surface area contributed by atoms with E-state index in [1.54, 1.807) is 35.6 Å². The maximum atomic E-state index is 12.0. The van der Waals surface area contributed by atoms with Crippen LogP contribution in [0.5, 0.6) is 0 Å². The van der Waals surface area contributed by atoms with Gasteiger partial charge < -0.3 is 10.6 Å². The van der Waals surface area contributed by atoms with E-state index in [0.717, 1.165) is 15.8 Å². The quantitative estimate of drug-likeness (QED) is 0.671. The fraction of sp³-hybridized carbons (Fsp3) is 0. The largest absolute Gasteiger partial charge is 0.323 e. The van der Waals surface area contributed by atoms with Crippen molar-refractivity contribution in [3.8, 4) is 0 Å². The van der Waals surface area contributed by atoms with Gasteiger partial charge in [0.05, 0.1) is 5.69 Å². The number of rotatable bonds is 2. The number of carbonyl (C=O) groups is 1. The zero-order valence-electron chi connectivity index (χ0n) is 10.4. The lowest BCUT2D eigenvalue weighted by atomic mass is 10.2. The van der Waals surface area contributed by atoms with E-state index in [1.165, 1.54) is 0 Å². The van der Waals surface area contributed by atoms with Gasteiger partial charge >= 0.3 is 6.03 Å². The third kappa shape index (κ3) is 2.76. The van der Waals surface area contributed by atoms with Gasteiger partial charge in [-0.1, -0.05) is 29.8 Å². The number of amides is 2. The number of benzene rings is 2. The maximum Gasteiger partial charge on any atom is 0.323 e. The van der Waals surface area contributed by atoms with E-state index in [1.807, 2.05) is 29.6 Å². The second-order valence-electron chi connectivity index (χ2n) is 4.23. The molecule has 5 heteroatoms. The van der Waals surface area contributed by atoms with E-state index in [-0.39, 0.29) is 6.03 Å². The SMILES string of the molecule is O=C(Nc1ccc(Cl)cc1)Nc1csc2ccccc12. The number of hydrogen-bond acceptors (Lipinski definition) is 2. The highest BCUT2D eigenvalue weighted by atomic mass is 35.5. The summed E-state index contributed by atoms with van der Waals surface area (Å²) in [7, 11) is 0. The Morgan fingerprint density at radius 2 is 1.75 bits per heavy atom. The summed E-state index contributed by atoms with van der Waals surface area (Å²) < 4.78 is 1.15. The average molecular weight is 303 g/mol. The van der Waals surface area contributed by atoms with E-state index >= 15 is 0 Å². The van der Waals surface area contributed by atoms with Crippen molar-refractivity contribution >= 4 is 50.4 Å². The summed E-state index contributed by atoms with van der Waals surface area (Å²) in [5.74, 6) is 0. The average Bonchev–Trinajstić information content (AvgIpc) is 2.85. The van der Waals surface area contributed by atoms with Gasteiger partial charge in [0.25, 0.3) is 0 Å². The van der Waals surface area contributed by atoms with Crippen LogP contribution in [-0.4, -0.2) is 6.03 Å². The minimum atomic E-state index is -0.268. The molecule has 0 fully saturated rings. The number of carbonyl (C=O) groups excluding carboxylic acids is 1. The van der Waals surface area contributed by atoms with Crippen LogP contribution in [-0.2, 0) is 0 Å². The van der Waals surface area contributed by atoms with E-state index < -0.39 is 0 Å². The molecule has 0 aliphatic heterocycles. The molecule has 3 rings (SSSR count). The first-order valence-electron chi connectivity index (χ1n) is 6.02. The summed E-state index contributed by atoms with van der Waals surface area (Å²) in [6.45, 7) is 0. The van der Waals surface area contributed by atoms with Crippen molar-refractivity contribution in [3.63, 3.8) is 0 Å². The molecule has 0 saturated heterocycles. The molecular weight excluding hydrogens is 292 g/mol. The molecule has 0 bridgehead atoms. The predicted molar refractivity (Wildman–Crippen MR) is 85.9 cm³/mol. The number of anilines is 2. The summed E-state index contributed by atoms with van der Waals surface area (Å²) in [5, 5.41) is 9.24. The smallest absolute Gasteiger partial charge is 0.308 e. The first kappa shape index (κ1) is 13.0. The van der Waals surface area contributed by atoms with E-state index in [9.17, 15) is 4.79 Å².